The van der Waals surface area contributed by atoms with Crippen LogP contribution in [-0.2, 0) is 0 Å². The molecule has 8 aromatic carbocycles. The van der Waals surface area contributed by atoms with Crippen molar-refractivity contribution in [1.82, 2.24) is 9.13 Å². The molecular formula is C48H29BrN2O. The Hall–Kier alpha value is -6.36. The van der Waals surface area contributed by atoms with E-state index >= 15 is 0 Å². The summed E-state index contributed by atoms with van der Waals surface area (Å²) in [6.45, 7) is 0. The van der Waals surface area contributed by atoms with E-state index in [-0.39, 0.29) is 0 Å². The van der Waals surface area contributed by atoms with Gasteiger partial charge in [0.05, 0.1) is 22.1 Å². The molecule has 52 heavy (non-hydrogen) atoms. The van der Waals surface area contributed by atoms with Crippen LogP contribution in [0.25, 0.3) is 99.2 Å². The van der Waals surface area contributed by atoms with Crippen LogP contribution in [0.5, 0.6) is 0 Å². The van der Waals surface area contributed by atoms with E-state index in [1.165, 1.54) is 66.0 Å². The monoisotopic (exact) mass is 728 g/mol. The normalized spacial score (nSPS) is 11.9. The molecule has 0 radical (unpaired) electrons. The van der Waals surface area contributed by atoms with Crippen LogP contribution in [0.3, 0.4) is 0 Å². The Bertz CT molecular complexity index is 3190. The lowest BCUT2D eigenvalue weighted by Crippen LogP contribution is -1.93. The van der Waals surface area contributed by atoms with E-state index in [0.29, 0.717) is 0 Å². The Balaban J connectivity index is 1.12. The Kier molecular flexibility index (Phi) is 6.40. The predicted octanol–water partition coefficient (Wildman–Crippen LogP) is 13.9. The molecule has 0 bridgehead atoms. The molecule has 4 heteroatoms. The van der Waals surface area contributed by atoms with Crippen LogP contribution >= 0.6 is 15.9 Å². The molecule has 0 spiro atoms. The van der Waals surface area contributed by atoms with Gasteiger partial charge < -0.3 is 13.6 Å². The molecule has 0 unspecified atom stereocenters. The van der Waals surface area contributed by atoms with Crippen LogP contribution < -0.4 is 0 Å². The van der Waals surface area contributed by atoms with E-state index in [1.807, 2.05) is 12.1 Å². The molecule has 11 rings (SSSR count). The predicted molar refractivity (Wildman–Crippen MR) is 221 cm³/mol. The molecule has 0 fully saturated rings. The number of nitrogens with zero attached hydrogens (tertiary/aromatic N) is 2. The van der Waals surface area contributed by atoms with Crippen LogP contribution in [0, 0.1) is 0 Å². The Labute approximate surface area is 307 Å². The summed E-state index contributed by atoms with van der Waals surface area (Å²) >= 11 is 3.76. The number of aromatic nitrogens is 2. The van der Waals surface area contributed by atoms with Crippen molar-refractivity contribution in [2.24, 2.45) is 0 Å². The summed E-state index contributed by atoms with van der Waals surface area (Å²) in [6.07, 6.45) is 0. The summed E-state index contributed by atoms with van der Waals surface area (Å²) in [7, 11) is 0. The lowest BCUT2D eigenvalue weighted by molar-refractivity contribution is 0.669. The van der Waals surface area contributed by atoms with Gasteiger partial charge in [0.2, 0.25) is 0 Å². The quantitative estimate of drug-likeness (QED) is 0.177. The van der Waals surface area contributed by atoms with Crippen molar-refractivity contribution in [1.29, 1.82) is 0 Å². The van der Waals surface area contributed by atoms with Crippen molar-refractivity contribution in [3.05, 3.63) is 180 Å². The van der Waals surface area contributed by atoms with Crippen molar-refractivity contribution >= 4 is 81.5 Å². The van der Waals surface area contributed by atoms with Crippen molar-refractivity contribution in [2.75, 3.05) is 0 Å². The molecule has 0 atom stereocenters. The standard InChI is InChI=1S/C48H29BrN2O/c49-41-15-9-17-47-48(41)40-29-33(21-25-46(40)52-47)32-20-24-45-39(28-32)38-27-31(19-23-44(38)51(45)35-12-5-2-6-13-35)30-18-22-43-37(26-30)36-14-7-8-16-42(36)50(43)34-10-3-1-4-11-34/h1-29H. The van der Waals surface area contributed by atoms with E-state index in [1.54, 1.807) is 0 Å². The lowest BCUT2D eigenvalue weighted by Gasteiger charge is -2.09. The highest BCUT2D eigenvalue weighted by Crippen LogP contribution is 2.41. The van der Waals surface area contributed by atoms with Gasteiger partial charge in [-0.05, 0) is 113 Å². The molecule has 244 valence electrons. The molecule has 0 amide bonds. The Morgan fingerprint density at radius 1 is 0.346 bits per heavy atom. The number of hydrogen-bond acceptors (Lipinski definition) is 1. The zero-order valence-electron chi connectivity index (χ0n) is 27.9. The SMILES string of the molecule is Brc1cccc2oc3ccc(-c4ccc5c(c4)c4cc(-c6ccc7c(c6)c6ccccc6n7-c6ccccc6)ccc4n5-c4ccccc4)cc3c12. The molecule has 0 N–H and O–H groups in total. The third-order valence-electron chi connectivity index (χ3n) is 10.6. The first-order valence-corrected chi connectivity index (χ1v) is 18.3. The zero-order chi connectivity index (χ0) is 34.3. The first kappa shape index (κ1) is 29.4. The van der Waals surface area contributed by atoms with E-state index in [4.69, 9.17) is 4.42 Å². The zero-order valence-corrected chi connectivity index (χ0v) is 29.5. The first-order chi connectivity index (χ1) is 25.7. The third-order valence-corrected chi connectivity index (χ3v) is 11.2. The van der Waals surface area contributed by atoms with Gasteiger partial charge in [0.15, 0.2) is 0 Å². The van der Waals surface area contributed by atoms with Gasteiger partial charge in [-0.2, -0.15) is 0 Å². The number of para-hydroxylation sites is 3. The highest BCUT2D eigenvalue weighted by atomic mass is 79.9. The van der Waals surface area contributed by atoms with Gasteiger partial charge in [-0.15, -0.1) is 0 Å². The lowest BCUT2D eigenvalue weighted by atomic mass is 9.98. The molecule has 3 aromatic heterocycles. The maximum atomic E-state index is 6.20. The van der Waals surface area contributed by atoms with E-state index in [2.05, 4.69) is 189 Å². The Morgan fingerprint density at radius 2 is 0.808 bits per heavy atom. The second-order valence-corrected chi connectivity index (χ2v) is 14.3. The van der Waals surface area contributed by atoms with Gasteiger partial charge in [0.25, 0.3) is 0 Å². The second-order valence-electron chi connectivity index (χ2n) is 13.5. The smallest absolute Gasteiger partial charge is 0.136 e. The molecule has 3 heterocycles. The fraction of sp³-hybridized carbons (Fsp3) is 0. The molecule has 11 aromatic rings. The fourth-order valence-corrected chi connectivity index (χ4v) is 8.77. The topological polar surface area (TPSA) is 23.0 Å². The molecule has 3 nitrogen and oxygen atoms in total. The minimum absolute atomic E-state index is 0.887. The van der Waals surface area contributed by atoms with Gasteiger partial charge in [0, 0.05) is 48.2 Å². The van der Waals surface area contributed by atoms with Gasteiger partial charge in [-0.1, -0.05) is 101 Å². The molecule has 0 saturated carbocycles. The highest BCUT2D eigenvalue weighted by molar-refractivity contribution is 9.10. The number of hydrogen-bond donors (Lipinski definition) is 0. The van der Waals surface area contributed by atoms with Gasteiger partial charge in [0.1, 0.15) is 11.2 Å². The van der Waals surface area contributed by atoms with Crippen LogP contribution in [0.1, 0.15) is 0 Å². The van der Waals surface area contributed by atoms with E-state index < -0.39 is 0 Å². The molecule has 0 aliphatic rings. The fourth-order valence-electron chi connectivity index (χ4n) is 8.21. The average Bonchev–Trinajstić information content (AvgIpc) is 3.85. The average molecular weight is 730 g/mol. The van der Waals surface area contributed by atoms with Gasteiger partial charge >= 0.3 is 0 Å². The van der Waals surface area contributed by atoms with Crippen molar-refractivity contribution in [2.45, 2.75) is 0 Å². The van der Waals surface area contributed by atoms with E-state index in [0.717, 1.165) is 37.7 Å². The molecule has 0 aliphatic heterocycles. The minimum atomic E-state index is 0.887. The maximum Gasteiger partial charge on any atom is 0.136 e. The number of rotatable bonds is 4. The first-order valence-electron chi connectivity index (χ1n) is 17.5. The Morgan fingerprint density at radius 3 is 1.38 bits per heavy atom. The number of benzene rings is 8. The van der Waals surface area contributed by atoms with Crippen molar-refractivity contribution in [3.63, 3.8) is 0 Å². The summed E-state index contributed by atoms with van der Waals surface area (Å²) in [5, 5.41) is 7.16. The van der Waals surface area contributed by atoms with Crippen LogP contribution in [0.2, 0.25) is 0 Å². The molecular weight excluding hydrogens is 700 g/mol. The molecule has 0 saturated heterocycles. The summed E-state index contributed by atoms with van der Waals surface area (Å²) in [6, 6.07) is 63.4. The van der Waals surface area contributed by atoms with Gasteiger partial charge in [-0.3, -0.25) is 0 Å². The number of halogens is 1. The van der Waals surface area contributed by atoms with E-state index in [9.17, 15) is 0 Å². The van der Waals surface area contributed by atoms with Gasteiger partial charge in [-0.25, -0.2) is 0 Å². The highest BCUT2D eigenvalue weighted by Gasteiger charge is 2.18. The molecule has 0 aliphatic carbocycles. The summed E-state index contributed by atoms with van der Waals surface area (Å²) < 4.78 is 12.0. The summed E-state index contributed by atoms with van der Waals surface area (Å²) in [5.74, 6) is 0. The number of fused-ring (bicyclic) bond motifs is 9. The van der Waals surface area contributed by atoms with Crippen LogP contribution in [0.15, 0.2) is 185 Å². The van der Waals surface area contributed by atoms with Crippen molar-refractivity contribution in [3.8, 4) is 33.6 Å². The van der Waals surface area contributed by atoms with Crippen molar-refractivity contribution < 1.29 is 4.42 Å². The number of furan rings is 1. The minimum Gasteiger partial charge on any atom is -0.456 e. The summed E-state index contributed by atoms with van der Waals surface area (Å²) in [5.41, 5.74) is 13.6. The summed E-state index contributed by atoms with van der Waals surface area (Å²) in [4.78, 5) is 0. The largest absolute Gasteiger partial charge is 0.456 e. The third kappa shape index (κ3) is 4.38. The van der Waals surface area contributed by atoms with Crippen LogP contribution in [0.4, 0.5) is 0 Å². The van der Waals surface area contributed by atoms with Crippen LogP contribution in [-0.4, -0.2) is 9.13 Å². The maximum absolute atomic E-state index is 6.20. The second kappa shape index (κ2) is 11.3.